The molecule has 21 heavy (non-hydrogen) atoms. The number of rotatable bonds is 7. The maximum Gasteiger partial charge on any atom is 0.156 e. The molecule has 0 radical (unpaired) electrons. The van der Waals surface area contributed by atoms with Crippen LogP contribution in [0.3, 0.4) is 0 Å². The lowest BCUT2D eigenvalue weighted by Gasteiger charge is -2.11. The maximum atomic E-state index is 6.19. The summed E-state index contributed by atoms with van der Waals surface area (Å²) in [5.74, 6) is 0.494. The van der Waals surface area contributed by atoms with E-state index in [1.54, 1.807) is 12.3 Å². The Balaban J connectivity index is 1.98. The molecule has 0 spiro atoms. The molecule has 6 heteroatoms. The van der Waals surface area contributed by atoms with Crippen molar-refractivity contribution >= 4 is 23.2 Å². The number of ether oxygens (including phenoxy) is 1. The summed E-state index contributed by atoms with van der Waals surface area (Å²) < 4.78 is 7.27. The number of nitrogens with one attached hydrogen (secondary N) is 1. The zero-order valence-corrected chi connectivity index (χ0v) is 13.3. The Bertz CT molecular complexity index is 602. The molecular weight excluding hydrogens is 309 g/mol. The molecule has 1 aromatic heterocycles. The molecule has 2 rings (SSSR count). The summed E-state index contributed by atoms with van der Waals surface area (Å²) in [6.45, 7) is 5.35. The van der Waals surface area contributed by atoms with Gasteiger partial charge in [-0.15, -0.1) is 0 Å². The minimum Gasteiger partial charge on any atom is -0.486 e. The molecule has 0 fully saturated rings. The number of halogens is 2. The molecule has 0 aliphatic carbocycles. The largest absolute Gasteiger partial charge is 0.486 e. The molecule has 1 aromatic carbocycles. The normalized spacial score (nSPS) is 10.6. The summed E-state index contributed by atoms with van der Waals surface area (Å²) in [6, 6.07) is 5.67. The highest BCUT2D eigenvalue weighted by Gasteiger charge is 2.09. The fourth-order valence-electron chi connectivity index (χ4n) is 1.90. The lowest BCUT2D eigenvalue weighted by atomic mass is 10.2. The molecule has 112 valence electrons. The molecule has 0 amide bonds. The van der Waals surface area contributed by atoms with E-state index in [-0.39, 0.29) is 0 Å². The molecule has 0 aliphatic rings. The van der Waals surface area contributed by atoms with Crippen LogP contribution in [0, 0.1) is 0 Å². The van der Waals surface area contributed by atoms with Gasteiger partial charge in [-0.25, -0.2) is 0 Å². The average Bonchev–Trinajstić information content (AvgIpc) is 2.84. The topological polar surface area (TPSA) is 39.1 Å². The van der Waals surface area contributed by atoms with Crippen molar-refractivity contribution < 1.29 is 4.74 Å². The maximum absolute atomic E-state index is 6.19. The van der Waals surface area contributed by atoms with E-state index in [1.807, 2.05) is 29.9 Å². The minimum absolute atomic E-state index is 0.373. The van der Waals surface area contributed by atoms with Crippen LogP contribution < -0.4 is 10.1 Å². The second-order valence-electron chi connectivity index (χ2n) is 4.54. The Morgan fingerprint density at radius 2 is 2.05 bits per heavy atom. The highest BCUT2D eigenvalue weighted by atomic mass is 35.5. The van der Waals surface area contributed by atoms with Crippen LogP contribution in [0.2, 0.25) is 10.0 Å². The predicted octanol–water partition coefficient (Wildman–Crippen LogP) is 3.58. The molecule has 0 unspecified atom stereocenters. The zero-order valence-electron chi connectivity index (χ0n) is 11.8. The lowest BCUT2D eigenvalue weighted by Crippen LogP contribution is -2.15. The van der Waals surface area contributed by atoms with Crippen LogP contribution in [-0.2, 0) is 20.1 Å². The molecule has 0 saturated heterocycles. The first-order valence-corrected chi connectivity index (χ1v) is 7.26. The van der Waals surface area contributed by atoms with Crippen molar-refractivity contribution in [1.82, 2.24) is 15.1 Å². The molecule has 2 aromatic rings. The van der Waals surface area contributed by atoms with Gasteiger partial charge in [0.2, 0.25) is 0 Å². The van der Waals surface area contributed by atoms with E-state index in [0.717, 1.165) is 17.8 Å². The Labute approximate surface area is 134 Å². The summed E-state index contributed by atoms with van der Waals surface area (Å²) in [6.07, 6.45) is 3.42. The van der Waals surface area contributed by atoms with E-state index >= 15 is 0 Å². The van der Waals surface area contributed by atoms with Crippen LogP contribution in [0.25, 0.3) is 0 Å². The SMILES string of the molecule is C=CCOc1c(Cl)cc(CNCc2ccnn2C)cc1Cl. The van der Waals surface area contributed by atoms with Crippen LogP contribution >= 0.6 is 23.2 Å². The van der Waals surface area contributed by atoms with E-state index in [9.17, 15) is 0 Å². The van der Waals surface area contributed by atoms with Crippen LogP contribution in [0.15, 0.2) is 37.1 Å². The van der Waals surface area contributed by atoms with E-state index in [1.165, 1.54) is 0 Å². The van der Waals surface area contributed by atoms with Crippen molar-refractivity contribution in [2.75, 3.05) is 6.61 Å². The highest BCUT2D eigenvalue weighted by Crippen LogP contribution is 2.34. The Morgan fingerprint density at radius 3 is 2.62 bits per heavy atom. The summed E-state index contributed by atoms with van der Waals surface area (Å²) in [5, 5.41) is 8.45. The van der Waals surface area contributed by atoms with Gasteiger partial charge in [0.05, 0.1) is 15.7 Å². The molecule has 1 heterocycles. The second-order valence-corrected chi connectivity index (χ2v) is 5.35. The quantitative estimate of drug-likeness (QED) is 0.791. The third-order valence-electron chi connectivity index (χ3n) is 2.96. The van der Waals surface area contributed by atoms with Crippen molar-refractivity contribution in [3.05, 3.63) is 58.4 Å². The number of aryl methyl sites for hydroxylation is 1. The van der Waals surface area contributed by atoms with Gasteiger partial charge in [-0.3, -0.25) is 4.68 Å². The highest BCUT2D eigenvalue weighted by molar-refractivity contribution is 6.37. The van der Waals surface area contributed by atoms with Gasteiger partial charge in [-0.05, 0) is 23.8 Å². The van der Waals surface area contributed by atoms with E-state index in [0.29, 0.717) is 28.9 Å². The van der Waals surface area contributed by atoms with Crippen molar-refractivity contribution in [1.29, 1.82) is 0 Å². The van der Waals surface area contributed by atoms with Gasteiger partial charge in [0.25, 0.3) is 0 Å². The van der Waals surface area contributed by atoms with Crippen molar-refractivity contribution in [2.24, 2.45) is 7.05 Å². The first-order valence-electron chi connectivity index (χ1n) is 6.51. The second kappa shape index (κ2) is 7.50. The molecule has 0 saturated carbocycles. The number of aromatic nitrogens is 2. The summed E-state index contributed by atoms with van der Waals surface area (Å²) in [4.78, 5) is 0. The van der Waals surface area contributed by atoms with Crippen LogP contribution in [0.4, 0.5) is 0 Å². The molecule has 0 aliphatic heterocycles. The van der Waals surface area contributed by atoms with Gasteiger partial charge in [-0.2, -0.15) is 5.10 Å². The Morgan fingerprint density at radius 1 is 1.33 bits per heavy atom. The Kier molecular flexibility index (Phi) is 5.67. The molecule has 1 N–H and O–H groups in total. The fraction of sp³-hybridized carbons (Fsp3) is 0.267. The van der Waals surface area contributed by atoms with E-state index < -0.39 is 0 Å². The number of hydrogen-bond donors (Lipinski definition) is 1. The van der Waals surface area contributed by atoms with Crippen molar-refractivity contribution in [3.63, 3.8) is 0 Å². The first kappa shape index (κ1) is 15.9. The van der Waals surface area contributed by atoms with Gasteiger partial charge in [0.15, 0.2) is 5.75 Å². The summed E-state index contributed by atoms with van der Waals surface area (Å²) >= 11 is 12.4. The van der Waals surface area contributed by atoms with Crippen LogP contribution in [0.5, 0.6) is 5.75 Å². The monoisotopic (exact) mass is 325 g/mol. The van der Waals surface area contributed by atoms with E-state index in [2.05, 4.69) is 17.0 Å². The lowest BCUT2D eigenvalue weighted by molar-refractivity contribution is 0.363. The molecular formula is C15H17Cl2N3O. The standard InChI is InChI=1S/C15H17Cl2N3O/c1-3-6-21-15-13(16)7-11(8-14(15)17)9-18-10-12-4-5-19-20(12)2/h3-5,7-8,18H,1,6,9-10H2,2H3. The van der Waals surface area contributed by atoms with E-state index in [4.69, 9.17) is 27.9 Å². The first-order chi connectivity index (χ1) is 10.1. The van der Waals surface area contributed by atoms with Gasteiger partial charge in [-0.1, -0.05) is 35.9 Å². The minimum atomic E-state index is 0.373. The third kappa shape index (κ3) is 4.24. The smallest absolute Gasteiger partial charge is 0.156 e. The molecule has 0 bridgehead atoms. The molecule has 4 nitrogen and oxygen atoms in total. The van der Waals surface area contributed by atoms with Crippen LogP contribution in [-0.4, -0.2) is 16.4 Å². The van der Waals surface area contributed by atoms with Crippen LogP contribution in [0.1, 0.15) is 11.3 Å². The Hall–Kier alpha value is -1.49. The zero-order chi connectivity index (χ0) is 15.2. The number of hydrogen-bond acceptors (Lipinski definition) is 3. The predicted molar refractivity (Wildman–Crippen MR) is 85.9 cm³/mol. The van der Waals surface area contributed by atoms with Gasteiger partial charge in [0.1, 0.15) is 6.61 Å². The van der Waals surface area contributed by atoms with Gasteiger partial charge in [0, 0.05) is 26.3 Å². The van der Waals surface area contributed by atoms with Gasteiger partial charge < -0.3 is 10.1 Å². The fourth-order valence-corrected chi connectivity index (χ4v) is 2.55. The van der Waals surface area contributed by atoms with Gasteiger partial charge >= 0.3 is 0 Å². The van der Waals surface area contributed by atoms with Crippen molar-refractivity contribution in [2.45, 2.75) is 13.1 Å². The number of nitrogens with zero attached hydrogens (tertiary/aromatic N) is 2. The molecule has 0 atom stereocenters. The third-order valence-corrected chi connectivity index (χ3v) is 3.52. The van der Waals surface area contributed by atoms with Crippen molar-refractivity contribution in [3.8, 4) is 5.75 Å². The summed E-state index contributed by atoms with van der Waals surface area (Å²) in [5.41, 5.74) is 2.11. The average molecular weight is 326 g/mol. The number of benzene rings is 1. The summed E-state index contributed by atoms with van der Waals surface area (Å²) in [7, 11) is 1.91.